The van der Waals surface area contributed by atoms with Gasteiger partial charge in [-0.1, -0.05) is 24.6 Å². The van der Waals surface area contributed by atoms with E-state index < -0.39 is 6.10 Å². The lowest BCUT2D eigenvalue weighted by Gasteiger charge is -2.21. The van der Waals surface area contributed by atoms with Gasteiger partial charge in [0.1, 0.15) is 11.9 Å². The second-order valence-corrected chi connectivity index (χ2v) is 8.64. The number of rotatable bonds is 5. The van der Waals surface area contributed by atoms with Crippen LogP contribution in [0.2, 0.25) is 0 Å². The molecule has 0 saturated heterocycles. The molecule has 4 rings (SSSR count). The van der Waals surface area contributed by atoms with Crippen molar-refractivity contribution in [3.63, 3.8) is 0 Å². The zero-order valence-corrected chi connectivity index (χ0v) is 18.7. The van der Waals surface area contributed by atoms with E-state index in [9.17, 15) is 0 Å². The van der Waals surface area contributed by atoms with Crippen LogP contribution in [0.15, 0.2) is 52.4 Å². The Morgan fingerprint density at radius 2 is 2.25 bits per heavy atom. The second kappa shape index (κ2) is 9.94. The van der Waals surface area contributed by atoms with Gasteiger partial charge in [-0.2, -0.15) is 10.4 Å². The van der Waals surface area contributed by atoms with E-state index in [-0.39, 0.29) is 11.8 Å². The molecule has 0 unspecified atom stereocenters. The first-order chi connectivity index (χ1) is 15.6. The molecular formula is C26H29N4O2+. The van der Waals surface area contributed by atoms with Crippen LogP contribution in [0, 0.1) is 34.8 Å². The summed E-state index contributed by atoms with van der Waals surface area (Å²) in [5.74, 6) is 1.09. The van der Waals surface area contributed by atoms with Crippen LogP contribution in [0.5, 0.6) is 5.75 Å². The third kappa shape index (κ3) is 4.82. The molecule has 1 aliphatic heterocycles. The largest absolute Gasteiger partial charge is 0.484 e. The Hall–Kier alpha value is -3.22. The summed E-state index contributed by atoms with van der Waals surface area (Å²) in [4.78, 5) is 4.21. The maximum Gasteiger partial charge on any atom is 0.332 e. The summed E-state index contributed by atoms with van der Waals surface area (Å²) < 4.78 is 11.9. The Kier molecular flexibility index (Phi) is 6.83. The summed E-state index contributed by atoms with van der Waals surface area (Å²) >= 11 is 0. The van der Waals surface area contributed by atoms with Crippen molar-refractivity contribution in [2.75, 3.05) is 13.2 Å². The van der Waals surface area contributed by atoms with Gasteiger partial charge in [0, 0.05) is 5.92 Å². The quantitative estimate of drug-likeness (QED) is 0.560. The van der Waals surface area contributed by atoms with Crippen LogP contribution < -0.4 is 4.74 Å². The molecule has 0 amide bonds. The van der Waals surface area contributed by atoms with Gasteiger partial charge in [0.2, 0.25) is 0 Å². The van der Waals surface area contributed by atoms with Crippen LogP contribution in [-0.4, -0.2) is 19.3 Å². The average molecular weight is 430 g/mol. The zero-order chi connectivity index (χ0) is 22.5. The summed E-state index contributed by atoms with van der Waals surface area (Å²) in [7, 11) is 0. The minimum absolute atomic E-state index is 0.123. The van der Waals surface area contributed by atoms with Gasteiger partial charge >= 0.3 is 6.20 Å². The van der Waals surface area contributed by atoms with Gasteiger partial charge in [0.05, 0.1) is 25.2 Å². The second-order valence-electron chi connectivity index (χ2n) is 8.64. The normalized spacial score (nSPS) is 23.2. The standard InChI is InChI=1S/C26H29N4O2/c1-3-18-10-21-4-5-23(12-25(21)24-6-7-31-16-22(24)11-18)32-17(2)26(30-28)15-29-14-20-8-19(9-20)13-27/h4-5,11-12,15,17,19-20,28H,3,6-10,16H2,1-2H3/q+1/b26-15-,30-28?/t17-,19?,20?/m1/s1. The number of nitrogens with one attached hydrogen (secondary N) is 1. The molecule has 1 fully saturated rings. The van der Waals surface area contributed by atoms with E-state index in [1.165, 1.54) is 34.0 Å². The fourth-order valence-corrected chi connectivity index (χ4v) is 4.40. The molecule has 0 bridgehead atoms. The molecule has 164 valence electrons. The third-order valence-corrected chi connectivity index (χ3v) is 6.43. The first kappa shape index (κ1) is 22.0. The van der Waals surface area contributed by atoms with E-state index in [0.717, 1.165) is 44.5 Å². The van der Waals surface area contributed by atoms with Crippen LogP contribution in [-0.2, 0) is 11.2 Å². The highest BCUT2D eigenvalue weighted by atomic mass is 16.5. The molecule has 0 spiro atoms. The molecule has 1 N–H and O–H groups in total. The van der Waals surface area contributed by atoms with Gasteiger partial charge in [-0.05, 0) is 78.3 Å². The van der Waals surface area contributed by atoms with E-state index in [1.807, 2.05) is 13.0 Å². The first-order valence-electron chi connectivity index (χ1n) is 11.3. The predicted octanol–water partition coefficient (Wildman–Crippen LogP) is 6.28. The lowest BCUT2D eigenvalue weighted by molar-refractivity contribution is 0.156. The van der Waals surface area contributed by atoms with Crippen molar-refractivity contribution in [2.45, 2.75) is 52.1 Å². The molecule has 0 radical (unpaired) electrons. The Morgan fingerprint density at radius 3 is 3.00 bits per heavy atom. The number of benzene rings is 1. The fraction of sp³-hybridized carbons (Fsp3) is 0.462. The molecule has 2 aliphatic carbocycles. The molecule has 1 aromatic rings. The monoisotopic (exact) mass is 429 g/mol. The number of nitriles is 1. The molecule has 3 aliphatic rings. The average Bonchev–Trinajstić information content (AvgIpc) is 2.94. The van der Waals surface area contributed by atoms with Crippen molar-refractivity contribution < 1.29 is 9.47 Å². The Balaban J connectivity index is 1.51. The molecule has 1 aromatic carbocycles. The van der Waals surface area contributed by atoms with Crippen molar-refractivity contribution in [2.24, 2.45) is 17.0 Å². The number of hydrogen-bond donors (Lipinski definition) is 1. The molecule has 1 atom stereocenters. The number of allylic oxidation sites excluding steroid dienone is 1. The molecule has 32 heavy (non-hydrogen) atoms. The van der Waals surface area contributed by atoms with Crippen LogP contribution in [0.3, 0.4) is 0 Å². The van der Waals surface area contributed by atoms with Crippen LogP contribution in [0.25, 0.3) is 10.4 Å². The van der Waals surface area contributed by atoms with E-state index >= 15 is 0 Å². The van der Waals surface area contributed by atoms with Gasteiger partial charge < -0.3 is 9.47 Å². The van der Waals surface area contributed by atoms with Gasteiger partial charge in [0.15, 0.2) is 5.70 Å². The molecule has 6 nitrogen and oxygen atoms in total. The minimum atomic E-state index is -0.414. The third-order valence-electron chi connectivity index (χ3n) is 6.43. The van der Waals surface area contributed by atoms with Crippen LogP contribution in [0.1, 0.15) is 50.7 Å². The molecule has 1 heterocycles. The number of fused-ring (bicyclic) bond motifs is 2. The van der Waals surface area contributed by atoms with Gasteiger partial charge in [0.25, 0.3) is 6.07 Å². The highest BCUT2D eigenvalue weighted by molar-refractivity contribution is 5.76. The smallest absolute Gasteiger partial charge is 0.332 e. The number of nitrogens with zero attached hydrogens (tertiary/aromatic N) is 3. The first-order valence-corrected chi connectivity index (χ1v) is 11.3. The maximum atomic E-state index is 8.86. The van der Waals surface area contributed by atoms with E-state index in [0.29, 0.717) is 12.3 Å². The van der Waals surface area contributed by atoms with Crippen molar-refractivity contribution in [1.82, 2.24) is 0 Å². The van der Waals surface area contributed by atoms with Crippen molar-refractivity contribution in [3.8, 4) is 17.9 Å². The molecule has 0 aromatic heterocycles. The van der Waals surface area contributed by atoms with Crippen LogP contribution in [0.4, 0.5) is 0 Å². The lowest BCUT2D eigenvalue weighted by atomic mass is 9.77. The van der Waals surface area contributed by atoms with Crippen LogP contribution >= 0.6 is 0 Å². The minimum Gasteiger partial charge on any atom is -0.484 e. The number of ether oxygens (including phenoxy) is 2. The highest BCUT2D eigenvalue weighted by Gasteiger charge is 2.31. The van der Waals surface area contributed by atoms with E-state index in [2.05, 4.69) is 47.2 Å². The Labute approximate surface area is 189 Å². The highest BCUT2D eigenvalue weighted by Crippen LogP contribution is 2.37. The zero-order valence-electron chi connectivity index (χ0n) is 18.7. The Bertz CT molecular complexity index is 1090. The maximum absolute atomic E-state index is 8.86. The Morgan fingerprint density at radius 1 is 1.41 bits per heavy atom. The van der Waals surface area contributed by atoms with Gasteiger partial charge in [-0.3, -0.25) is 0 Å². The topological polar surface area (TPSA) is 82.8 Å². The van der Waals surface area contributed by atoms with E-state index in [4.69, 9.17) is 20.3 Å². The van der Waals surface area contributed by atoms with Gasteiger partial charge in [-0.15, -0.1) is 0 Å². The van der Waals surface area contributed by atoms with Crippen molar-refractivity contribution in [1.29, 1.82) is 10.8 Å². The molecular weight excluding hydrogens is 400 g/mol. The van der Waals surface area contributed by atoms with Crippen molar-refractivity contribution in [3.05, 3.63) is 63.3 Å². The number of hydrogen-bond acceptors (Lipinski definition) is 5. The van der Waals surface area contributed by atoms with E-state index in [1.54, 1.807) is 0 Å². The molecule has 1 saturated carbocycles. The summed E-state index contributed by atoms with van der Waals surface area (Å²) in [5.41, 5.74) is 14.6. The van der Waals surface area contributed by atoms with Gasteiger partial charge in [-0.25, -0.2) is 5.53 Å². The fourth-order valence-electron chi connectivity index (χ4n) is 4.40. The predicted molar refractivity (Wildman–Crippen MR) is 123 cm³/mol. The SMILES string of the molecule is CCC1=CC2=C(CCOC2)c2cc(O[C@H](C)/C(=C/[N+]#CC3CC(C#N)C3)N=N)ccc2C1. The summed E-state index contributed by atoms with van der Waals surface area (Å²) in [6.07, 6.45) is 7.92. The van der Waals surface area contributed by atoms with Crippen molar-refractivity contribution >= 4 is 5.57 Å². The summed E-state index contributed by atoms with van der Waals surface area (Å²) in [6.45, 7) is 5.47. The summed E-state index contributed by atoms with van der Waals surface area (Å²) in [6, 6.07) is 11.6. The summed E-state index contributed by atoms with van der Waals surface area (Å²) in [5, 5.41) is 12.5. The lowest BCUT2D eigenvalue weighted by Crippen LogP contribution is -2.20. The molecule has 6 heteroatoms.